The molecular formula is C19H16FN5OS2. The number of hydrogen-bond acceptors (Lipinski definition) is 7. The van der Waals surface area contributed by atoms with Crippen molar-refractivity contribution >= 4 is 23.1 Å². The molecule has 6 nitrogen and oxygen atoms in total. The number of halogens is 1. The van der Waals surface area contributed by atoms with Crippen LogP contribution >= 0.6 is 23.1 Å². The van der Waals surface area contributed by atoms with Crippen molar-refractivity contribution in [3.8, 4) is 22.0 Å². The highest BCUT2D eigenvalue weighted by atomic mass is 32.2. The van der Waals surface area contributed by atoms with Gasteiger partial charge >= 0.3 is 0 Å². The lowest BCUT2D eigenvalue weighted by Gasteiger charge is -2.10. The molecule has 0 unspecified atom stereocenters. The van der Waals surface area contributed by atoms with Gasteiger partial charge in [-0.15, -0.1) is 16.4 Å². The van der Waals surface area contributed by atoms with E-state index < -0.39 is 0 Å². The maximum absolute atomic E-state index is 13.1. The fourth-order valence-corrected chi connectivity index (χ4v) is 4.27. The summed E-state index contributed by atoms with van der Waals surface area (Å²) >= 11 is 3.02. The number of ether oxygens (including phenoxy) is 1. The SMILES string of the molecule is CCOc1ccccc1-n1nnnc1SCc1csc(-c2ccc(F)cc2)n1. The summed E-state index contributed by atoms with van der Waals surface area (Å²) in [6.45, 7) is 2.50. The Morgan fingerprint density at radius 2 is 1.96 bits per heavy atom. The second-order valence-corrected chi connectivity index (χ2v) is 7.51. The van der Waals surface area contributed by atoms with Gasteiger partial charge in [-0.25, -0.2) is 9.37 Å². The van der Waals surface area contributed by atoms with Gasteiger partial charge in [0.05, 0.1) is 12.3 Å². The van der Waals surface area contributed by atoms with Crippen molar-refractivity contribution in [3.63, 3.8) is 0 Å². The quantitative estimate of drug-likeness (QED) is 0.412. The van der Waals surface area contributed by atoms with Crippen molar-refractivity contribution in [2.75, 3.05) is 6.61 Å². The van der Waals surface area contributed by atoms with E-state index in [1.807, 2.05) is 36.6 Å². The summed E-state index contributed by atoms with van der Waals surface area (Å²) < 4.78 is 20.4. The van der Waals surface area contributed by atoms with Crippen LogP contribution in [0.5, 0.6) is 5.75 Å². The Balaban J connectivity index is 1.50. The van der Waals surface area contributed by atoms with Gasteiger partial charge in [-0.3, -0.25) is 0 Å². The number of tetrazole rings is 1. The third-order valence-corrected chi connectivity index (χ3v) is 5.72. The Bertz CT molecular complexity index is 1060. The summed E-state index contributed by atoms with van der Waals surface area (Å²) in [6, 6.07) is 14.0. The molecule has 0 spiro atoms. The first-order valence-electron chi connectivity index (χ1n) is 8.58. The van der Waals surface area contributed by atoms with Gasteiger partial charge in [-0.05, 0) is 53.7 Å². The molecule has 0 fully saturated rings. The zero-order valence-corrected chi connectivity index (χ0v) is 16.6. The average molecular weight is 414 g/mol. The van der Waals surface area contributed by atoms with Crippen LogP contribution < -0.4 is 4.74 Å². The van der Waals surface area contributed by atoms with Gasteiger partial charge < -0.3 is 4.74 Å². The minimum absolute atomic E-state index is 0.254. The number of thioether (sulfide) groups is 1. The standard InChI is InChI=1S/C19H16FN5OS2/c1-2-26-17-6-4-3-5-16(17)25-19(22-23-24-25)28-12-15-11-27-18(21-15)13-7-9-14(20)10-8-13/h3-11H,2,12H2,1H3. The number of benzene rings is 2. The largest absolute Gasteiger partial charge is 0.492 e. The number of rotatable bonds is 7. The molecule has 2 heterocycles. The smallest absolute Gasteiger partial charge is 0.214 e. The minimum atomic E-state index is -0.254. The molecule has 0 aliphatic heterocycles. The van der Waals surface area contributed by atoms with E-state index in [9.17, 15) is 4.39 Å². The fourth-order valence-electron chi connectivity index (χ4n) is 2.57. The van der Waals surface area contributed by atoms with Crippen LogP contribution in [-0.2, 0) is 5.75 Å². The van der Waals surface area contributed by atoms with E-state index in [1.165, 1.54) is 35.2 Å². The van der Waals surface area contributed by atoms with Gasteiger partial charge in [-0.1, -0.05) is 23.9 Å². The van der Waals surface area contributed by atoms with Gasteiger partial charge in [-0.2, -0.15) is 4.68 Å². The van der Waals surface area contributed by atoms with Crippen LogP contribution in [0.4, 0.5) is 4.39 Å². The van der Waals surface area contributed by atoms with Crippen molar-refractivity contribution in [1.82, 2.24) is 25.2 Å². The maximum atomic E-state index is 13.1. The molecule has 9 heteroatoms. The van der Waals surface area contributed by atoms with E-state index in [-0.39, 0.29) is 5.82 Å². The first kappa shape index (κ1) is 18.6. The fraction of sp³-hybridized carbons (Fsp3) is 0.158. The molecule has 0 N–H and O–H groups in total. The van der Waals surface area contributed by atoms with Crippen LogP contribution in [0.15, 0.2) is 59.1 Å². The molecule has 0 aliphatic rings. The lowest BCUT2D eigenvalue weighted by molar-refractivity contribution is 0.337. The number of nitrogens with zero attached hydrogens (tertiary/aromatic N) is 5. The number of aromatic nitrogens is 5. The average Bonchev–Trinajstić information content (AvgIpc) is 3.37. The molecule has 0 atom stereocenters. The Hall–Kier alpha value is -2.78. The van der Waals surface area contributed by atoms with E-state index in [4.69, 9.17) is 4.74 Å². The molecule has 28 heavy (non-hydrogen) atoms. The Kier molecular flexibility index (Phi) is 5.63. The summed E-state index contributed by atoms with van der Waals surface area (Å²) in [5, 5.41) is 15.5. The molecule has 0 aliphatic carbocycles. The number of para-hydroxylation sites is 2. The summed E-state index contributed by atoms with van der Waals surface area (Å²) in [5.41, 5.74) is 2.61. The first-order chi connectivity index (χ1) is 13.7. The summed E-state index contributed by atoms with van der Waals surface area (Å²) in [7, 11) is 0. The molecule has 0 bridgehead atoms. The minimum Gasteiger partial charge on any atom is -0.492 e. The molecular weight excluding hydrogens is 397 g/mol. The normalized spacial score (nSPS) is 10.9. The van der Waals surface area contributed by atoms with Gasteiger partial charge in [0.1, 0.15) is 22.3 Å². The first-order valence-corrected chi connectivity index (χ1v) is 10.4. The van der Waals surface area contributed by atoms with Crippen LogP contribution in [-0.4, -0.2) is 31.8 Å². The second kappa shape index (κ2) is 8.49. The Morgan fingerprint density at radius 1 is 1.14 bits per heavy atom. The molecule has 0 saturated heterocycles. The van der Waals surface area contributed by atoms with E-state index in [0.29, 0.717) is 17.5 Å². The van der Waals surface area contributed by atoms with Gasteiger partial charge in [0.25, 0.3) is 0 Å². The molecule has 0 saturated carbocycles. The van der Waals surface area contributed by atoms with E-state index >= 15 is 0 Å². The highest BCUT2D eigenvalue weighted by molar-refractivity contribution is 7.98. The van der Waals surface area contributed by atoms with Crippen LogP contribution in [0.3, 0.4) is 0 Å². The van der Waals surface area contributed by atoms with E-state index in [2.05, 4.69) is 20.5 Å². The van der Waals surface area contributed by atoms with Crippen molar-refractivity contribution in [2.45, 2.75) is 17.8 Å². The predicted molar refractivity (Wildman–Crippen MR) is 107 cm³/mol. The van der Waals surface area contributed by atoms with Gasteiger partial charge in [0, 0.05) is 16.7 Å². The summed E-state index contributed by atoms with van der Waals surface area (Å²) in [4.78, 5) is 4.63. The van der Waals surface area contributed by atoms with Crippen molar-refractivity contribution in [1.29, 1.82) is 0 Å². The monoisotopic (exact) mass is 413 g/mol. The van der Waals surface area contributed by atoms with Crippen LogP contribution in [0.1, 0.15) is 12.6 Å². The highest BCUT2D eigenvalue weighted by Gasteiger charge is 2.14. The molecule has 2 aromatic carbocycles. The lowest BCUT2D eigenvalue weighted by atomic mass is 10.2. The topological polar surface area (TPSA) is 65.7 Å². The zero-order chi connectivity index (χ0) is 19.3. The molecule has 0 radical (unpaired) electrons. The third kappa shape index (κ3) is 4.05. The molecule has 142 valence electrons. The van der Waals surface area contributed by atoms with E-state index in [0.717, 1.165) is 27.7 Å². The number of thiazole rings is 1. The summed E-state index contributed by atoms with van der Waals surface area (Å²) in [6.07, 6.45) is 0. The molecule has 2 aromatic heterocycles. The van der Waals surface area contributed by atoms with Crippen LogP contribution in [0.2, 0.25) is 0 Å². The predicted octanol–water partition coefficient (Wildman–Crippen LogP) is 4.62. The zero-order valence-electron chi connectivity index (χ0n) is 14.9. The molecule has 0 amide bonds. The Labute approximate surface area is 169 Å². The van der Waals surface area contributed by atoms with Crippen molar-refractivity contribution in [3.05, 3.63) is 65.4 Å². The highest BCUT2D eigenvalue weighted by Crippen LogP contribution is 2.29. The summed E-state index contributed by atoms with van der Waals surface area (Å²) in [5.74, 6) is 1.09. The van der Waals surface area contributed by atoms with Gasteiger partial charge in [0.15, 0.2) is 0 Å². The Morgan fingerprint density at radius 3 is 2.79 bits per heavy atom. The second-order valence-electron chi connectivity index (χ2n) is 5.71. The third-order valence-electron chi connectivity index (χ3n) is 3.83. The maximum Gasteiger partial charge on any atom is 0.214 e. The lowest BCUT2D eigenvalue weighted by Crippen LogP contribution is -2.03. The van der Waals surface area contributed by atoms with Gasteiger partial charge in [0.2, 0.25) is 5.16 Å². The number of hydrogen-bond donors (Lipinski definition) is 0. The van der Waals surface area contributed by atoms with E-state index in [1.54, 1.807) is 16.8 Å². The van der Waals surface area contributed by atoms with Crippen LogP contribution in [0.25, 0.3) is 16.3 Å². The van der Waals surface area contributed by atoms with Crippen LogP contribution in [0, 0.1) is 5.82 Å². The van der Waals surface area contributed by atoms with Crippen molar-refractivity contribution < 1.29 is 9.13 Å². The van der Waals surface area contributed by atoms with Crippen molar-refractivity contribution in [2.24, 2.45) is 0 Å². The molecule has 4 rings (SSSR count). The molecule has 4 aromatic rings.